The molecule has 132 valence electrons. The van der Waals surface area contributed by atoms with Gasteiger partial charge in [-0.1, -0.05) is 33.4 Å². The van der Waals surface area contributed by atoms with Crippen LogP contribution in [0.25, 0.3) is 0 Å². The Hall–Kier alpha value is -1.34. The number of hydrogen-bond donors (Lipinski definition) is 0. The number of likely N-dealkylation sites (tertiary alicyclic amines) is 1. The maximum Gasteiger partial charge on any atom is 0.410 e. The number of ether oxygens (including phenoxy) is 2. The van der Waals surface area contributed by atoms with E-state index in [2.05, 4.69) is 40.4 Å². The monoisotopic (exact) mass is 343 g/mol. The Morgan fingerprint density at radius 2 is 1.96 bits per heavy atom. The third kappa shape index (κ3) is 4.81. The van der Waals surface area contributed by atoms with Gasteiger partial charge in [-0.3, -0.25) is 4.90 Å². The fraction of sp³-hybridized carbons (Fsp3) is 0.750. The van der Waals surface area contributed by atoms with Gasteiger partial charge >= 0.3 is 12.1 Å². The molecule has 2 atom stereocenters. The second kappa shape index (κ2) is 7.48. The predicted molar refractivity (Wildman–Crippen MR) is 90.7 cm³/mol. The van der Waals surface area contributed by atoms with Gasteiger partial charge in [-0.2, -0.15) is 0 Å². The number of carbonyl (C=O) groups excluding carboxylic acids is 2. The van der Waals surface area contributed by atoms with Crippen molar-refractivity contribution in [3.05, 3.63) is 12.7 Å². The molecule has 7 heteroatoms. The van der Waals surface area contributed by atoms with Crippen LogP contribution in [0.3, 0.4) is 0 Å². The molecule has 1 amide bonds. The summed E-state index contributed by atoms with van der Waals surface area (Å²) < 4.78 is 16.2. The molecule has 0 aromatic carbocycles. The zero-order chi connectivity index (χ0) is 17.8. The largest absolute Gasteiger partial charge is 0.467 e. The molecule has 0 bridgehead atoms. The Kier molecular flexibility index (Phi) is 6.41. The Labute approximate surface area is 139 Å². The van der Waals surface area contributed by atoms with E-state index in [0.717, 1.165) is 0 Å². The van der Waals surface area contributed by atoms with Gasteiger partial charge in [0, 0.05) is 13.0 Å². The number of rotatable bonds is 5. The molecule has 1 fully saturated rings. The van der Waals surface area contributed by atoms with E-state index in [4.69, 9.17) is 13.9 Å². The van der Waals surface area contributed by atoms with E-state index in [1.807, 2.05) is 0 Å². The van der Waals surface area contributed by atoms with Gasteiger partial charge in [0.25, 0.3) is 0 Å². The average Bonchev–Trinajstić information content (AvgIpc) is 2.85. The van der Waals surface area contributed by atoms with Gasteiger partial charge in [-0.15, -0.1) is 0 Å². The molecule has 1 aliphatic rings. The fourth-order valence-corrected chi connectivity index (χ4v) is 3.61. The summed E-state index contributed by atoms with van der Waals surface area (Å²) in [6.07, 6.45) is 1.20. The zero-order valence-corrected chi connectivity index (χ0v) is 16.0. The van der Waals surface area contributed by atoms with Crippen molar-refractivity contribution in [2.45, 2.75) is 57.5 Å². The van der Waals surface area contributed by atoms with Crippen LogP contribution in [-0.2, 0) is 18.7 Å². The Morgan fingerprint density at radius 3 is 2.43 bits per heavy atom. The standard InChI is InChI=1S/C16H29NO5Si/c1-8-9-21-15(19)17-11-12(10-13(17)14(18)20-5)22-23(6,7)16(2,3)4/h8,12-13H,1,9-11H2,2-7H3/t12?,13-/m0/s1. The van der Waals surface area contributed by atoms with Gasteiger partial charge in [0.15, 0.2) is 8.32 Å². The number of carbonyl (C=O) groups is 2. The normalized spacial score (nSPS) is 21.9. The van der Waals surface area contributed by atoms with Gasteiger partial charge in [-0.05, 0) is 18.1 Å². The van der Waals surface area contributed by atoms with Crippen molar-refractivity contribution >= 4 is 20.4 Å². The number of esters is 1. The van der Waals surface area contributed by atoms with Gasteiger partial charge in [0.05, 0.1) is 13.2 Å². The minimum absolute atomic E-state index is 0.0601. The molecule has 0 spiro atoms. The summed E-state index contributed by atoms with van der Waals surface area (Å²) in [6.45, 7) is 14.7. The van der Waals surface area contributed by atoms with Crippen LogP contribution in [0.15, 0.2) is 12.7 Å². The molecule has 23 heavy (non-hydrogen) atoms. The highest BCUT2D eigenvalue weighted by Crippen LogP contribution is 2.39. The van der Waals surface area contributed by atoms with Gasteiger partial charge < -0.3 is 13.9 Å². The van der Waals surface area contributed by atoms with Gasteiger partial charge in [0.2, 0.25) is 0 Å². The van der Waals surface area contributed by atoms with Crippen molar-refractivity contribution in [1.82, 2.24) is 4.90 Å². The summed E-state index contributed by atoms with van der Waals surface area (Å²) in [6, 6.07) is -0.660. The van der Waals surface area contributed by atoms with E-state index in [1.165, 1.54) is 18.1 Å². The second-order valence-electron chi connectivity index (χ2n) is 7.29. The maximum absolute atomic E-state index is 12.1. The first-order valence-corrected chi connectivity index (χ1v) is 10.7. The highest BCUT2D eigenvalue weighted by Gasteiger charge is 2.46. The third-order valence-corrected chi connectivity index (χ3v) is 9.10. The molecule has 1 aliphatic heterocycles. The minimum Gasteiger partial charge on any atom is -0.467 e. The summed E-state index contributed by atoms with van der Waals surface area (Å²) in [5.41, 5.74) is 0. The summed E-state index contributed by atoms with van der Waals surface area (Å²) >= 11 is 0. The van der Waals surface area contributed by atoms with E-state index >= 15 is 0 Å². The molecular formula is C16H29NO5Si. The molecule has 1 saturated heterocycles. The lowest BCUT2D eigenvalue weighted by molar-refractivity contribution is -0.145. The van der Waals surface area contributed by atoms with Crippen molar-refractivity contribution in [2.24, 2.45) is 0 Å². The molecule has 0 aliphatic carbocycles. The Bertz CT molecular complexity index is 458. The van der Waals surface area contributed by atoms with Crippen LogP contribution in [0.1, 0.15) is 27.2 Å². The smallest absolute Gasteiger partial charge is 0.410 e. The van der Waals surface area contributed by atoms with Crippen LogP contribution >= 0.6 is 0 Å². The molecule has 0 aromatic rings. The Balaban J connectivity index is 2.85. The maximum atomic E-state index is 12.1. The molecule has 0 aromatic heterocycles. The number of hydrogen-bond acceptors (Lipinski definition) is 5. The van der Waals surface area contributed by atoms with E-state index < -0.39 is 26.4 Å². The van der Waals surface area contributed by atoms with E-state index in [1.54, 1.807) is 0 Å². The van der Waals surface area contributed by atoms with Crippen LogP contribution in [0.5, 0.6) is 0 Å². The highest BCUT2D eigenvalue weighted by molar-refractivity contribution is 6.74. The van der Waals surface area contributed by atoms with E-state index in [0.29, 0.717) is 13.0 Å². The zero-order valence-electron chi connectivity index (χ0n) is 15.0. The van der Waals surface area contributed by atoms with Crippen molar-refractivity contribution in [1.29, 1.82) is 0 Å². The summed E-state index contributed by atoms with van der Waals surface area (Å²) in [7, 11) is -0.664. The molecule has 0 N–H and O–H groups in total. The van der Waals surface area contributed by atoms with Crippen LogP contribution in [0, 0.1) is 0 Å². The molecule has 1 rings (SSSR count). The number of amides is 1. The molecule has 0 saturated carbocycles. The molecule has 1 heterocycles. The first-order valence-electron chi connectivity index (χ1n) is 7.83. The molecule has 1 unspecified atom stereocenters. The van der Waals surface area contributed by atoms with Gasteiger partial charge in [-0.25, -0.2) is 9.59 Å². The van der Waals surface area contributed by atoms with Crippen molar-refractivity contribution in [2.75, 3.05) is 20.3 Å². The highest BCUT2D eigenvalue weighted by atomic mass is 28.4. The lowest BCUT2D eigenvalue weighted by Crippen LogP contribution is -2.45. The molecule has 0 radical (unpaired) electrons. The van der Waals surface area contributed by atoms with E-state index in [9.17, 15) is 9.59 Å². The predicted octanol–water partition coefficient (Wildman–Crippen LogP) is 2.95. The topological polar surface area (TPSA) is 65.1 Å². The molecular weight excluding hydrogens is 314 g/mol. The van der Waals surface area contributed by atoms with Crippen molar-refractivity contribution < 1.29 is 23.5 Å². The van der Waals surface area contributed by atoms with Gasteiger partial charge in [0.1, 0.15) is 12.6 Å². The quantitative estimate of drug-likeness (QED) is 0.436. The Morgan fingerprint density at radius 1 is 1.35 bits per heavy atom. The lowest BCUT2D eigenvalue weighted by atomic mass is 10.2. The first-order chi connectivity index (χ1) is 10.5. The summed E-state index contributed by atoms with van der Waals surface area (Å²) in [5.74, 6) is -0.443. The fourth-order valence-electron chi connectivity index (χ4n) is 2.25. The minimum atomic E-state index is -1.98. The average molecular weight is 343 g/mol. The van der Waals surface area contributed by atoms with Crippen LogP contribution in [0.4, 0.5) is 4.79 Å². The van der Waals surface area contributed by atoms with Crippen molar-refractivity contribution in [3.8, 4) is 0 Å². The number of methoxy groups -OCH3 is 1. The first kappa shape index (κ1) is 19.7. The summed E-state index contributed by atoms with van der Waals surface area (Å²) in [5, 5.41) is 0.0601. The van der Waals surface area contributed by atoms with Crippen LogP contribution in [0.2, 0.25) is 18.1 Å². The van der Waals surface area contributed by atoms with E-state index in [-0.39, 0.29) is 17.7 Å². The third-order valence-electron chi connectivity index (χ3n) is 4.56. The van der Waals surface area contributed by atoms with Crippen LogP contribution in [-0.4, -0.2) is 57.7 Å². The number of nitrogens with zero attached hydrogens (tertiary/aromatic N) is 1. The molecule has 6 nitrogen and oxygen atoms in total. The second-order valence-corrected chi connectivity index (χ2v) is 12.0. The summed E-state index contributed by atoms with van der Waals surface area (Å²) in [4.78, 5) is 25.5. The van der Waals surface area contributed by atoms with Crippen molar-refractivity contribution in [3.63, 3.8) is 0 Å². The van der Waals surface area contributed by atoms with Crippen LogP contribution < -0.4 is 0 Å². The SMILES string of the molecule is C=CCOC(=O)N1CC(O[Si](C)(C)C(C)(C)C)C[C@H]1C(=O)OC. The lowest BCUT2D eigenvalue weighted by Gasteiger charge is -2.38.